The van der Waals surface area contributed by atoms with Gasteiger partial charge in [0, 0.05) is 17.3 Å². The van der Waals surface area contributed by atoms with Crippen LogP contribution in [-0.4, -0.2) is 22.9 Å². The monoisotopic (exact) mass is 403 g/mol. The summed E-state index contributed by atoms with van der Waals surface area (Å²) in [5, 5.41) is 5.99. The van der Waals surface area contributed by atoms with Gasteiger partial charge in [0.1, 0.15) is 6.54 Å². The summed E-state index contributed by atoms with van der Waals surface area (Å²) in [5.74, 6) is -1.16. The Kier molecular flexibility index (Phi) is 5.67. The third-order valence-electron chi connectivity index (χ3n) is 4.14. The number of halogens is 3. The SMILES string of the molecule is O=C(Cn1ccc2ccccc2c1=O)NCC(=O)Nc1ccc(C(F)(F)F)cc1. The van der Waals surface area contributed by atoms with Gasteiger partial charge < -0.3 is 15.2 Å². The van der Waals surface area contributed by atoms with Crippen molar-refractivity contribution in [2.24, 2.45) is 0 Å². The van der Waals surface area contributed by atoms with Gasteiger partial charge in [-0.15, -0.1) is 0 Å². The minimum Gasteiger partial charge on any atom is -0.345 e. The molecule has 0 bridgehead atoms. The number of nitrogens with zero attached hydrogens (tertiary/aromatic N) is 1. The van der Waals surface area contributed by atoms with Gasteiger partial charge in [-0.1, -0.05) is 18.2 Å². The molecule has 0 saturated carbocycles. The van der Waals surface area contributed by atoms with Crippen molar-refractivity contribution in [1.29, 1.82) is 0 Å². The van der Waals surface area contributed by atoms with Gasteiger partial charge in [-0.3, -0.25) is 14.4 Å². The van der Waals surface area contributed by atoms with E-state index < -0.39 is 23.6 Å². The zero-order valence-corrected chi connectivity index (χ0v) is 15.0. The summed E-state index contributed by atoms with van der Waals surface area (Å²) in [4.78, 5) is 36.3. The van der Waals surface area contributed by atoms with Crippen molar-refractivity contribution in [2.45, 2.75) is 12.7 Å². The van der Waals surface area contributed by atoms with Crippen LogP contribution in [-0.2, 0) is 22.3 Å². The fraction of sp³-hybridized carbons (Fsp3) is 0.150. The highest BCUT2D eigenvalue weighted by Gasteiger charge is 2.29. The molecule has 150 valence electrons. The Labute approximate surface area is 163 Å². The van der Waals surface area contributed by atoms with Crippen LogP contribution in [0.5, 0.6) is 0 Å². The molecular formula is C20H16F3N3O3. The predicted molar refractivity (Wildman–Crippen MR) is 101 cm³/mol. The van der Waals surface area contributed by atoms with Crippen LogP contribution in [0, 0.1) is 0 Å². The normalized spacial score (nSPS) is 11.3. The summed E-state index contributed by atoms with van der Waals surface area (Å²) in [7, 11) is 0. The molecule has 29 heavy (non-hydrogen) atoms. The number of carbonyl (C=O) groups is 2. The first-order valence-electron chi connectivity index (χ1n) is 8.56. The van der Waals surface area contributed by atoms with Crippen LogP contribution in [0.2, 0.25) is 0 Å². The van der Waals surface area contributed by atoms with Crippen LogP contribution in [0.25, 0.3) is 10.8 Å². The molecule has 0 fully saturated rings. The summed E-state index contributed by atoms with van der Waals surface area (Å²) < 4.78 is 38.8. The fourth-order valence-electron chi connectivity index (χ4n) is 2.69. The van der Waals surface area contributed by atoms with E-state index in [-0.39, 0.29) is 24.3 Å². The van der Waals surface area contributed by atoms with Crippen LogP contribution in [0.1, 0.15) is 5.56 Å². The third-order valence-corrected chi connectivity index (χ3v) is 4.14. The zero-order valence-electron chi connectivity index (χ0n) is 15.0. The molecule has 1 aromatic heterocycles. The molecule has 9 heteroatoms. The minimum absolute atomic E-state index is 0.169. The molecule has 0 aliphatic heterocycles. The van der Waals surface area contributed by atoms with E-state index in [0.29, 0.717) is 5.39 Å². The molecule has 0 aliphatic carbocycles. The van der Waals surface area contributed by atoms with Crippen molar-refractivity contribution in [3.63, 3.8) is 0 Å². The molecule has 0 unspecified atom stereocenters. The number of anilines is 1. The van der Waals surface area contributed by atoms with Gasteiger partial charge in [-0.25, -0.2) is 0 Å². The number of hydrogen-bond acceptors (Lipinski definition) is 3. The molecule has 6 nitrogen and oxygen atoms in total. The van der Waals surface area contributed by atoms with E-state index in [4.69, 9.17) is 0 Å². The maximum atomic E-state index is 12.5. The zero-order chi connectivity index (χ0) is 21.0. The maximum absolute atomic E-state index is 12.5. The van der Waals surface area contributed by atoms with Gasteiger partial charge in [-0.2, -0.15) is 13.2 Å². The Bertz CT molecular complexity index is 1110. The van der Waals surface area contributed by atoms with Crippen molar-refractivity contribution in [3.8, 4) is 0 Å². The molecule has 0 radical (unpaired) electrons. The maximum Gasteiger partial charge on any atom is 0.416 e. The van der Waals surface area contributed by atoms with Crippen LogP contribution in [0.4, 0.5) is 18.9 Å². The average Bonchev–Trinajstić information content (AvgIpc) is 2.68. The van der Waals surface area contributed by atoms with Gasteiger partial charge in [0.25, 0.3) is 5.56 Å². The first-order chi connectivity index (χ1) is 13.7. The highest BCUT2D eigenvalue weighted by atomic mass is 19.4. The standard InChI is InChI=1S/C20H16F3N3O3/c21-20(22,23)14-5-7-15(8-6-14)25-17(27)11-24-18(28)12-26-10-9-13-3-1-2-4-16(13)19(26)29/h1-10H,11-12H2,(H,24,28)(H,25,27). The summed E-state index contributed by atoms with van der Waals surface area (Å²) in [6.07, 6.45) is -2.97. The van der Waals surface area contributed by atoms with Crippen LogP contribution >= 0.6 is 0 Å². The summed E-state index contributed by atoms with van der Waals surface area (Å²) in [6, 6.07) is 12.6. The van der Waals surface area contributed by atoms with Gasteiger partial charge in [0.2, 0.25) is 11.8 Å². The number of fused-ring (bicyclic) bond motifs is 1. The number of pyridine rings is 1. The highest BCUT2D eigenvalue weighted by Crippen LogP contribution is 2.29. The van der Waals surface area contributed by atoms with E-state index in [1.54, 1.807) is 30.3 Å². The number of rotatable bonds is 5. The molecule has 3 rings (SSSR count). The van der Waals surface area contributed by atoms with Gasteiger partial charge in [0.05, 0.1) is 12.1 Å². The Hall–Kier alpha value is -3.62. The molecule has 0 saturated heterocycles. The smallest absolute Gasteiger partial charge is 0.345 e. The molecule has 0 spiro atoms. The van der Waals surface area contributed by atoms with Crippen molar-refractivity contribution < 1.29 is 22.8 Å². The lowest BCUT2D eigenvalue weighted by molar-refractivity contribution is -0.137. The molecule has 2 amide bonds. The minimum atomic E-state index is -4.46. The van der Waals surface area contributed by atoms with E-state index in [9.17, 15) is 27.6 Å². The summed E-state index contributed by atoms with van der Waals surface area (Å²) in [5.41, 5.74) is -0.986. The molecular weight excluding hydrogens is 387 g/mol. The van der Waals surface area contributed by atoms with Gasteiger partial charge in [0.15, 0.2) is 0 Å². The van der Waals surface area contributed by atoms with Gasteiger partial charge in [-0.05, 0) is 41.8 Å². The Morgan fingerprint density at radius 2 is 1.62 bits per heavy atom. The largest absolute Gasteiger partial charge is 0.416 e. The first-order valence-corrected chi connectivity index (χ1v) is 8.56. The second-order valence-electron chi connectivity index (χ2n) is 6.24. The fourth-order valence-corrected chi connectivity index (χ4v) is 2.69. The predicted octanol–water partition coefficient (Wildman–Crippen LogP) is 2.78. The van der Waals surface area contributed by atoms with E-state index in [0.717, 1.165) is 29.7 Å². The number of alkyl halides is 3. The molecule has 2 aromatic carbocycles. The third kappa shape index (κ3) is 5.01. The van der Waals surface area contributed by atoms with Gasteiger partial charge >= 0.3 is 6.18 Å². The Balaban J connectivity index is 1.55. The van der Waals surface area contributed by atoms with E-state index in [2.05, 4.69) is 10.6 Å². The van der Waals surface area contributed by atoms with E-state index in [1.807, 2.05) is 0 Å². The second-order valence-corrected chi connectivity index (χ2v) is 6.24. The van der Waals surface area contributed by atoms with E-state index >= 15 is 0 Å². The Morgan fingerprint density at radius 1 is 0.931 bits per heavy atom. The molecule has 0 aliphatic rings. The lowest BCUT2D eigenvalue weighted by Gasteiger charge is -2.10. The molecule has 1 heterocycles. The van der Waals surface area contributed by atoms with Crippen molar-refractivity contribution >= 4 is 28.3 Å². The first kappa shape index (κ1) is 20.1. The second kappa shape index (κ2) is 8.17. The topological polar surface area (TPSA) is 80.2 Å². The van der Waals surface area contributed by atoms with Crippen molar-refractivity contribution in [3.05, 3.63) is 76.7 Å². The van der Waals surface area contributed by atoms with Crippen LogP contribution < -0.4 is 16.2 Å². The lowest BCUT2D eigenvalue weighted by Crippen LogP contribution is -2.37. The number of amides is 2. The van der Waals surface area contributed by atoms with E-state index in [1.165, 1.54) is 10.8 Å². The number of benzene rings is 2. The van der Waals surface area contributed by atoms with Crippen LogP contribution in [0.15, 0.2) is 65.6 Å². The number of aromatic nitrogens is 1. The number of hydrogen-bond donors (Lipinski definition) is 2. The van der Waals surface area contributed by atoms with Crippen molar-refractivity contribution in [2.75, 3.05) is 11.9 Å². The molecule has 3 aromatic rings. The molecule has 0 atom stereocenters. The summed E-state index contributed by atoms with van der Waals surface area (Å²) >= 11 is 0. The van der Waals surface area contributed by atoms with Crippen LogP contribution in [0.3, 0.4) is 0 Å². The number of nitrogens with one attached hydrogen (secondary N) is 2. The molecule has 2 N–H and O–H groups in total. The highest BCUT2D eigenvalue weighted by molar-refractivity contribution is 5.94. The average molecular weight is 403 g/mol. The quantitative estimate of drug-likeness (QED) is 0.688. The van der Waals surface area contributed by atoms with Crippen molar-refractivity contribution in [1.82, 2.24) is 9.88 Å². The summed E-state index contributed by atoms with van der Waals surface area (Å²) in [6.45, 7) is -0.653. The number of carbonyl (C=O) groups excluding carboxylic acids is 2. The lowest BCUT2D eigenvalue weighted by atomic mass is 10.2. The Morgan fingerprint density at radius 3 is 2.31 bits per heavy atom.